The minimum absolute atomic E-state index is 0.214. The minimum Gasteiger partial charge on any atom is -0.388 e. The SMILES string of the molecule is Cc1cc(CC(O)c2c(C(C)C)nn(C)c2Cl)n(C)n1. The fourth-order valence-electron chi connectivity index (χ4n) is 2.43. The van der Waals surface area contributed by atoms with Crippen LogP contribution in [0, 0.1) is 6.92 Å². The highest BCUT2D eigenvalue weighted by atomic mass is 35.5. The highest BCUT2D eigenvalue weighted by Gasteiger charge is 2.24. The van der Waals surface area contributed by atoms with Gasteiger partial charge in [-0.25, -0.2) is 0 Å². The second kappa shape index (κ2) is 5.58. The molecule has 1 N–H and O–H groups in total. The van der Waals surface area contributed by atoms with E-state index in [0.29, 0.717) is 11.6 Å². The van der Waals surface area contributed by atoms with Crippen molar-refractivity contribution in [3.05, 3.63) is 33.9 Å². The van der Waals surface area contributed by atoms with Gasteiger partial charge in [0, 0.05) is 31.8 Å². The first-order valence-corrected chi connectivity index (χ1v) is 7.09. The molecule has 0 aliphatic rings. The summed E-state index contributed by atoms with van der Waals surface area (Å²) in [5.74, 6) is 0.214. The first-order chi connectivity index (χ1) is 9.31. The smallest absolute Gasteiger partial charge is 0.132 e. The lowest BCUT2D eigenvalue weighted by Crippen LogP contribution is -2.09. The molecule has 0 saturated heterocycles. The van der Waals surface area contributed by atoms with E-state index in [1.807, 2.05) is 33.9 Å². The molecule has 110 valence electrons. The molecule has 0 aliphatic heterocycles. The average Bonchev–Trinajstić information content (AvgIpc) is 2.81. The van der Waals surface area contributed by atoms with E-state index in [0.717, 1.165) is 22.6 Å². The van der Waals surface area contributed by atoms with Crippen molar-refractivity contribution in [1.82, 2.24) is 19.6 Å². The van der Waals surface area contributed by atoms with Gasteiger partial charge in [0.1, 0.15) is 5.15 Å². The summed E-state index contributed by atoms with van der Waals surface area (Å²) >= 11 is 6.28. The summed E-state index contributed by atoms with van der Waals surface area (Å²) in [6.07, 6.45) is -0.203. The Kier molecular flexibility index (Phi) is 4.20. The van der Waals surface area contributed by atoms with E-state index in [9.17, 15) is 5.11 Å². The largest absolute Gasteiger partial charge is 0.388 e. The van der Waals surface area contributed by atoms with E-state index >= 15 is 0 Å². The van der Waals surface area contributed by atoms with Crippen molar-refractivity contribution in [3.63, 3.8) is 0 Å². The first kappa shape index (κ1) is 15.1. The molecule has 2 heterocycles. The number of rotatable bonds is 4. The molecule has 0 saturated carbocycles. The van der Waals surface area contributed by atoms with Gasteiger partial charge < -0.3 is 5.11 Å². The number of aliphatic hydroxyl groups is 1. The Morgan fingerprint density at radius 3 is 2.40 bits per heavy atom. The van der Waals surface area contributed by atoms with Crippen LogP contribution in [0.5, 0.6) is 0 Å². The lowest BCUT2D eigenvalue weighted by atomic mass is 9.99. The number of halogens is 1. The van der Waals surface area contributed by atoms with Crippen LogP contribution in [0.15, 0.2) is 6.07 Å². The van der Waals surface area contributed by atoms with E-state index in [-0.39, 0.29) is 5.92 Å². The summed E-state index contributed by atoms with van der Waals surface area (Å²) in [6.45, 7) is 6.03. The third-order valence-electron chi connectivity index (χ3n) is 3.42. The Hall–Kier alpha value is -1.33. The molecule has 1 unspecified atom stereocenters. The van der Waals surface area contributed by atoms with Gasteiger partial charge in [-0.2, -0.15) is 10.2 Å². The van der Waals surface area contributed by atoms with Gasteiger partial charge in [0.2, 0.25) is 0 Å². The number of hydrogen-bond donors (Lipinski definition) is 1. The van der Waals surface area contributed by atoms with Gasteiger partial charge in [-0.3, -0.25) is 9.36 Å². The predicted molar refractivity (Wildman–Crippen MR) is 78.9 cm³/mol. The molecule has 0 spiro atoms. The fraction of sp³-hybridized carbons (Fsp3) is 0.571. The first-order valence-electron chi connectivity index (χ1n) is 6.71. The molecular weight excluding hydrogens is 276 g/mol. The Balaban J connectivity index is 2.34. The average molecular weight is 297 g/mol. The van der Waals surface area contributed by atoms with Crippen molar-refractivity contribution in [2.24, 2.45) is 14.1 Å². The molecule has 0 amide bonds. The van der Waals surface area contributed by atoms with Crippen LogP contribution in [0.1, 0.15) is 48.5 Å². The number of hydrogen-bond acceptors (Lipinski definition) is 3. The van der Waals surface area contributed by atoms with Crippen molar-refractivity contribution in [2.75, 3.05) is 0 Å². The zero-order chi connectivity index (χ0) is 15.0. The molecule has 0 fully saturated rings. The zero-order valence-corrected chi connectivity index (χ0v) is 13.3. The third-order valence-corrected chi connectivity index (χ3v) is 3.87. The number of aryl methyl sites for hydroxylation is 3. The Bertz CT molecular complexity index is 615. The zero-order valence-electron chi connectivity index (χ0n) is 12.6. The van der Waals surface area contributed by atoms with Crippen molar-refractivity contribution < 1.29 is 5.11 Å². The molecule has 1 atom stereocenters. The van der Waals surface area contributed by atoms with Gasteiger partial charge in [0.15, 0.2) is 0 Å². The van der Waals surface area contributed by atoms with Gasteiger partial charge in [0.25, 0.3) is 0 Å². The molecule has 20 heavy (non-hydrogen) atoms. The quantitative estimate of drug-likeness (QED) is 0.943. The Labute approximate surface area is 124 Å². The predicted octanol–water partition coefficient (Wildman–Crippen LogP) is 2.51. The molecule has 6 heteroatoms. The molecule has 2 aromatic rings. The van der Waals surface area contributed by atoms with Gasteiger partial charge in [-0.05, 0) is 18.9 Å². The minimum atomic E-state index is -0.677. The Morgan fingerprint density at radius 1 is 1.25 bits per heavy atom. The summed E-state index contributed by atoms with van der Waals surface area (Å²) in [5.41, 5.74) is 3.49. The van der Waals surface area contributed by atoms with Crippen LogP contribution < -0.4 is 0 Å². The molecule has 5 nitrogen and oxygen atoms in total. The van der Waals surface area contributed by atoms with Crippen LogP contribution in [0.25, 0.3) is 0 Å². The topological polar surface area (TPSA) is 55.9 Å². The van der Waals surface area contributed by atoms with Crippen LogP contribution >= 0.6 is 11.6 Å². The highest BCUT2D eigenvalue weighted by Crippen LogP contribution is 2.32. The molecule has 0 aliphatic carbocycles. The van der Waals surface area contributed by atoms with Crippen LogP contribution in [0.3, 0.4) is 0 Å². The molecular formula is C14H21ClN4O. The summed E-state index contributed by atoms with van der Waals surface area (Å²) in [6, 6.07) is 1.97. The van der Waals surface area contributed by atoms with E-state index in [4.69, 9.17) is 11.6 Å². The normalized spacial score (nSPS) is 13.2. The maximum atomic E-state index is 10.6. The Morgan fingerprint density at radius 2 is 1.90 bits per heavy atom. The maximum Gasteiger partial charge on any atom is 0.132 e. The van der Waals surface area contributed by atoms with E-state index in [2.05, 4.69) is 10.2 Å². The van der Waals surface area contributed by atoms with Crippen molar-refractivity contribution in [2.45, 2.75) is 39.2 Å². The lowest BCUT2D eigenvalue weighted by molar-refractivity contribution is 0.174. The summed E-state index contributed by atoms with van der Waals surface area (Å²) in [7, 11) is 3.67. The van der Waals surface area contributed by atoms with Gasteiger partial charge in [0.05, 0.1) is 17.5 Å². The van der Waals surface area contributed by atoms with Crippen molar-refractivity contribution >= 4 is 11.6 Å². The lowest BCUT2D eigenvalue weighted by Gasteiger charge is -2.13. The van der Waals surface area contributed by atoms with Crippen LogP contribution in [-0.4, -0.2) is 24.7 Å². The summed E-state index contributed by atoms with van der Waals surface area (Å²) < 4.78 is 3.40. The van der Waals surface area contributed by atoms with Crippen molar-refractivity contribution in [3.8, 4) is 0 Å². The molecule has 0 aromatic carbocycles. The number of nitrogens with zero attached hydrogens (tertiary/aromatic N) is 4. The monoisotopic (exact) mass is 296 g/mol. The summed E-state index contributed by atoms with van der Waals surface area (Å²) in [5, 5.41) is 19.7. The van der Waals surface area contributed by atoms with Crippen LogP contribution in [-0.2, 0) is 20.5 Å². The van der Waals surface area contributed by atoms with Crippen molar-refractivity contribution in [1.29, 1.82) is 0 Å². The number of aliphatic hydroxyl groups excluding tert-OH is 1. The second-order valence-corrected chi connectivity index (χ2v) is 5.85. The third kappa shape index (κ3) is 2.74. The molecule has 2 aromatic heterocycles. The fourth-order valence-corrected chi connectivity index (χ4v) is 2.69. The molecule has 0 radical (unpaired) electrons. The molecule has 2 rings (SSSR count). The van der Waals surface area contributed by atoms with E-state index in [1.165, 1.54) is 0 Å². The van der Waals surface area contributed by atoms with E-state index < -0.39 is 6.10 Å². The van der Waals surface area contributed by atoms with Gasteiger partial charge in [-0.1, -0.05) is 25.4 Å². The van der Waals surface area contributed by atoms with Gasteiger partial charge >= 0.3 is 0 Å². The second-order valence-electron chi connectivity index (χ2n) is 5.49. The number of aromatic nitrogens is 4. The van der Waals surface area contributed by atoms with E-state index in [1.54, 1.807) is 16.4 Å². The van der Waals surface area contributed by atoms with Gasteiger partial charge in [-0.15, -0.1) is 0 Å². The highest BCUT2D eigenvalue weighted by molar-refractivity contribution is 6.30. The summed E-state index contributed by atoms with van der Waals surface area (Å²) in [4.78, 5) is 0. The molecule has 0 bridgehead atoms. The van der Waals surface area contributed by atoms with Crippen LogP contribution in [0.2, 0.25) is 5.15 Å². The maximum absolute atomic E-state index is 10.6. The van der Waals surface area contributed by atoms with Crippen LogP contribution in [0.4, 0.5) is 0 Å². The standard InChI is InChI=1S/C14H21ClN4O/c1-8(2)13-12(14(15)19(5)17-13)11(20)7-10-6-9(3)16-18(10)4/h6,8,11,20H,7H2,1-5H3.